The fourth-order valence-corrected chi connectivity index (χ4v) is 3.25. The molecule has 0 saturated carbocycles. The van der Waals surface area contributed by atoms with Crippen molar-refractivity contribution in [2.24, 2.45) is 0 Å². The van der Waals surface area contributed by atoms with Crippen molar-refractivity contribution >= 4 is 11.9 Å². The minimum atomic E-state index is -0.981. The van der Waals surface area contributed by atoms with E-state index >= 15 is 0 Å². The first kappa shape index (κ1) is 26.9. The molecule has 1 unspecified atom stereocenters. The molecule has 0 aliphatic carbocycles. The average molecular weight is 400 g/mol. The lowest BCUT2D eigenvalue weighted by Gasteiger charge is -2.14. The summed E-state index contributed by atoms with van der Waals surface area (Å²) in [6.45, 7) is 5.45. The third-order valence-corrected chi connectivity index (χ3v) is 5.10. The Bertz CT molecular complexity index is 374. The number of hydrogen-bond donors (Lipinski definition) is 2. The summed E-state index contributed by atoms with van der Waals surface area (Å²) in [6, 6.07) is -0.841. The number of nitrogens with one attached hydrogen (secondary N) is 1. The Morgan fingerprint density at radius 3 is 1.71 bits per heavy atom. The van der Waals surface area contributed by atoms with Crippen molar-refractivity contribution in [3.63, 3.8) is 0 Å². The number of esters is 1. The second kappa shape index (κ2) is 20.6. The molecule has 0 aliphatic heterocycles. The van der Waals surface area contributed by atoms with Crippen LogP contribution in [0.3, 0.4) is 0 Å². The summed E-state index contributed by atoms with van der Waals surface area (Å²) < 4.78 is 5.21. The zero-order chi connectivity index (χ0) is 20.9. The van der Waals surface area contributed by atoms with Gasteiger partial charge < -0.3 is 15.2 Å². The standard InChI is InChI=1S/C23H45NO4/c1-3-5-7-9-11-12-13-15-17-19-28-22(25)20-21(23(26)27)24-18-16-14-10-8-6-4-2/h21,24H,3-20H2,1-2H3,(H,26,27). The van der Waals surface area contributed by atoms with E-state index < -0.39 is 18.0 Å². The van der Waals surface area contributed by atoms with E-state index in [0.29, 0.717) is 13.2 Å². The lowest BCUT2D eigenvalue weighted by molar-refractivity contribution is -0.149. The number of carbonyl (C=O) groups excluding carboxylic acids is 1. The normalized spacial score (nSPS) is 12.1. The second-order valence-electron chi connectivity index (χ2n) is 7.87. The first-order valence-electron chi connectivity index (χ1n) is 11.7. The summed E-state index contributed by atoms with van der Waals surface area (Å²) in [7, 11) is 0. The molecule has 0 amide bonds. The molecule has 0 rings (SSSR count). The SMILES string of the molecule is CCCCCCCCCCCOC(=O)CC(NCCCCCCCC)C(=O)O. The molecular weight excluding hydrogens is 354 g/mol. The molecule has 2 N–H and O–H groups in total. The van der Waals surface area contributed by atoms with Crippen LogP contribution in [0.1, 0.15) is 117 Å². The lowest BCUT2D eigenvalue weighted by atomic mass is 10.1. The van der Waals surface area contributed by atoms with Crippen molar-refractivity contribution in [2.75, 3.05) is 13.2 Å². The number of aliphatic carboxylic acids is 1. The van der Waals surface area contributed by atoms with Gasteiger partial charge in [-0.2, -0.15) is 0 Å². The quantitative estimate of drug-likeness (QED) is 0.187. The number of carboxylic acids is 1. The van der Waals surface area contributed by atoms with Gasteiger partial charge in [-0.3, -0.25) is 9.59 Å². The van der Waals surface area contributed by atoms with Crippen LogP contribution in [-0.4, -0.2) is 36.2 Å². The van der Waals surface area contributed by atoms with Gasteiger partial charge in [0, 0.05) is 0 Å². The van der Waals surface area contributed by atoms with Crippen molar-refractivity contribution < 1.29 is 19.4 Å². The van der Waals surface area contributed by atoms with Crippen molar-refractivity contribution in [3.05, 3.63) is 0 Å². The molecule has 0 fully saturated rings. The van der Waals surface area contributed by atoms with E-state index in [2.05, 4.69) is 19.2 Å². The predicted molar refractivity (Wildman–Crippen MR) is 116 cm³/mol. The summed E-state index contributed by atoms with van der Waals surface area (Å²) in [4.78, 5) is 23.2. The van der Waals surface area contributed by atoms with E-state index in [1.165, 1.54) is 70.6 Å². The molecule has 0 aliphatic rings. The molecule has 5 heteroatoms. The van der Waals surface area contributed by atoms with Gasteiger partial charge in [-0.05, 0) is 19.4 Å². The van der Waals surface area contributed by atoms with Gasteiger partial charge in [-0.1, -0.05) is 97.3 Å². The Balaban J connectivity index is 3.64. The highest BCUT2D eigenvalue weighted by molar-refractivity contribution is 5.81. The van der Waals surface area contributed by atoms with Crippen molar-refractivity contribution in [1.29, 1.82) is 0 Å². The van der Waals surface area contributed by atoms with Crippen molar-refractivity contribution in [1.82, 2.24) is 5.32 Å². The maximum Gasteiger partial charge on any atom is 0.321 e. The first-order chi connectivity index (χ1) is 13.6. The van der Waals surface area contributed by atoms with E-state index in [4.69, 9.17) is 4.74 Å². The Labute approximate surface area is 173 Å². The molecule has 0 bridgehead atoms. The Morgan fingerprint density at radius 1 is 0.750 bits per heavy atom. The molecule has 0 radical (unpaired) electrons. The molecule has 5 nitrogen and oxygen atoms in total. The fourth-order valence-electron chi connectivity index (χ4n) is 3.25. The third kappa shape index (κ3) is 18.3. The zero-order valence-corrected chi connectivity index (χ0v) is 18.5. The van der Waals surface area contributed by atoms with Crippen molar-refractivity contribution in [3.8, 4) is 0 Å². The molecule has 0 heterocycles. The van der Waals surface area contributed by atoms with Gasteiger partial charge in [-0.25, -0.2) is 0 Å². The van der Waals surface area contributed by atoms with Crippen LogP contribution >= 0.6 is 0 Å². The molecule has 0 aromatic heterocycles. The van der Waals surface area contributed by atoms with Crippen LogP contribution in [0.2, 0.25) is 0 Å². The summed E-state index contributed by atoms with van der Waals surface area (Å²) in [5.41, 5.74) is 0. The molecule has 166 valence electrons. The summed E-state index contributed by atoms with van der Waals surface area (Å²) in [5, 5.41) is 12.3. The summed E-state index contributed by atoms with van der Waals surface area (Å²) in [5.74, 6) is -1.39. The molecule has 0 spiro atoms. The highest BCUT2D eigenvalue weighted by Crippen LogP contribution is 2.10. The number of carbonyl (C=O) groups is 2. The van der Waals surface area contributed by atoms with E-state index in [9.17, 15) is 14.7 Å². The van der Waals surface area contributed by atoms with E-state index in [1.807, 2.05) is 0 Å². The number of ether oxygens (including phenoxy) is 1. The minimum absolute atomic E-state index is 0.0946. The number of carboxylic acid groups (broad SMARTS) is 1. The summed E-state index contributed by atoms with van der Waals surface area (Å²) in [6.07, 6.45) is 17.8. The van der Waals surface area contributed by atoms with Crippen LogP contribution in [0.15, 0.2) is 0 Å². The molecule has 0 aromatic carbocycles. The van der Waals surface area contributed by atoms with Gasteiger partial charge in [0.05, 0.1) is 13.0 Å². The van der Waals surface area contributed by atoms with E-state index in [1.54, 1.807) is 0 Å². The van der Waals surface area contributed by atoms with Gasteiger partial charge in [0.15, 0.2) is 0 Å². The minimum Gasteiger partial charge on any atom is -0.480 e. The molecule has 1 atom stereocenters. The molecular formula is C23H45NO4. The first-order valence-corrected chi connectivity index (χ1v) is 11.7. The number of hydrogen-bond acceptors (Lipinski definition) is 4. The second-order valence-corrected chi connectivity index (χ2v) is 7.87. The largest absolute Gasteiger partial charge is 0.480 e. The highest BCUT2D eigenvalue weighted by Gasteiger charge is 2.21. The van der Waals surface area contributed by atoms with Crippen LogP contribution in [0, 0.1) is 0 Å². The fraction of sp³-hybridized carbons (Fsp3) is 0.913. The third-order valence-electron chi connectivity index (χ3n) is 5.10. The monoisotopic (exact) mass is 399 g/mol. The summed E-state index contributed by atoms with van der Waals surface area (Å²) >= 11 is 0. The van der Waals surface area contributed by atoms with Gasteiger partial charge in [-0.15, -0.1) is 0 Å². The van der Waals surface area contributed by atoms with Crippen LogP contribution < -0.4 is 5.32 Å². The smallest absolute Gasteiger partial charge is 0.321 e. The van der Waals surface area contributed by atoms with Crippen molar-refractivity contribution in [2.45, 2.75) is 123 Å². The van der Waals surface area contributed by atoms with Crippen LogP contribution in [-0.2, 0) is 14.3 Å². The topological polar surface area (TPSA) is 75.6 Å². The van der Waals surface area contributed by atoms with Crippen LogP contribution in [0.5, 0.6) is 0 Å². The Hall–Kier alpha value is -1.10. The van der Waals surface area contributed by atoms with Gasteiger partial charge in [0.1, 0.15) is 6.04 Å². The predicted octanol–water partition coefficient (Wildman–Crippen LogP) is 5.85. The van der Waals surface area contributed by atoms with Gasteiger partial charge in [0.2, 0.25) is 0 Å². The Morgan fingerprint density at radius 2 is 1.21 bits per heavy atom. The highest BCUT2D eigenvalue weighted by atomic mass is 16.5. The van der Waals surface area contributed by atoms with Gasteiger partial charge in [0.25, 0.3) is 0 Å². The molecule has 28 heavy (non-hydrogen) atoms. The van der Waals surface area contributed by atoms with E-state index in [0.717, 1.165) is 25.7 Å². The lowest BCUT2D eigenvalue weighted by Crippen LogP contribution is -2.39. The maximum atomic E-state index is 11.9. The maximum absolute atomic E-state index is 11.9. The van der Waals surface area contributed by atoms with Crippen LogP contribution in [0.25, 0.3) is 0 Å². The molecule has 0 saturated heterocycles. The zero-order valence-electron chi connectivity index (χ0n) is 18.5. The van der Waals surface area contributed by atoms with E-state index in [-0.39, 0.29) is 6.42 Å². The molecule has 0 aromatic rings. The van der Waals surface area contributed by atoms with Crippen LogP contribution in [0.4, 0.5) is 0 Å². The van der Waals surface area contributed by atoms with Gasteiger partial charge >= 0.3 is 11.9 Å². The number of unbranched alkanes of at least 4 members (excludes halogenated alkanes) is 13. The average Bonchev–Trinajstić information content (AvgIpc) is 2.67. The Kier molecular flexibility index (Phi) is 19.8. The number of rotatable bonds is 21.